The van der Waals surface area contributed by atoms with Crippen LogP contribution in [0.15, 0.2) is 48.7 Å². The molecule has 0 unspecified atom stereocenters. The van der Waals surface area contributed by atoms with Gasteiger partial charge in [0.25, 0.3) is 0 Å². The summed E-state index contributed by atoms with van der Waals surface area (Å²) in [6, 6.07) is 15.5. The number of rotatable bonds is 9. The van der Waals surface area contributed by atoms with Gasteiger partial charge in [0, 0.05) is 41.5 Å². The Morgan fingerprint density at radius 3 is 2.56 bits per heavy atom. The number of fused-ring (bicyclic) bond motifs is 1. The average molecular weight is 433 g/mol. The average Bonchev–Trinajstić information content (AvgIpc) is 2.80. The van der Waals surface area contributed by atoms with E-state index in [0.717, 1.165) is 72.4 Å². The molecule has 1 aliphatic carbocycles. The number of hydrogen-bond donors (Lipinski definition) is 3. The molecular weight excluding hydrogens is 396 g/mol. The molecule has 4 N–H and O–H groups in total. The molecule has 2 heterocycles. The lowest BCUT2D eigenvalue weighted by Crippen LogP contribution is -2.33. The Morgan fingerprint density at radius 1 is 1.03 bits per heavy atom. The van der Waals surface area contributed by atoms with Crippen LogP contribution in [0.1, 0.15) is 38.5 Å². The van der Waals surface area contributed by atoms with Crippen LogP contribution in [-0.4, -0.2) is 54.1 Å². The van der Waals surface area contributed by atoms with Gasteiger partial charge in [0.15, 0.2) is 0 Å². The van der Waals surface area contributed by atoms with E-state index in [1.807, 2.05) is 12.3 Å². The van der Waals surface area contributed by atoms with E-state index in [4.69, 9.17) is 10.7 Å². The minimum absolute atomic E-state index is 0.339. The molecule has 0 atom stereocenters. The lowest BCUT2D eigenvalue weighted by Gasteiger charge is -2.27. The first-order chi connectivity index (χ1) is 15.6. The molecule has 6 nitrogen and oxygen atoms in total. The Kier molecular flexibility index (Phi) is 7.55. The molecule has 0 radical (unpaired) electrons. The van der Waals surface area contributed by atoms with Crippen LogP contribution >= 0.6 is 0 Å². The molecule has 32 heavy (non-hydrogen) atoms. The first-order valence-electron chi connectivity index (χ1n) is 11.9. The van der Waals surface area contributed by atoms with E-state index in [9.17, 15) is 0 Å². The minimum Gasteiger partial charge on any atom is -0.385 e. The summed E-state index contributed by atoms with van der Waals surface area (Å²) in [6.07, 6.45) is 8.52. The quantitative estimate of drug-likeness (QED) is 0.424. The zero-order valence-electron chi connectivity index (χ0n) is 19.3. The van der Waals surface area contributed by atoms with Crippen molar-refractivity contribution in [1.29, 1.82) is 0 Å². The zero-order valence-corrected chi connectivity index (χ0v) is 19.3. The summed E-state index contributed by atoms with van der Waals surface area (Å²) in [5.74, 6) is 0.925. The van der Waals surface area contributed by atoms with Crippen molar-refractivity contribution in [3.8, 4) is 11.3 Å². The largest absolute Gasteiger partial charge is 0.385 e. The van der Waals surface area contributed by atoms with Gasteiger partial charge in [-0.05, 0) is 89.5 Å². The standard InChI is InChI=1S/C26H36N6/c1-32(2)17-4-3-15-28-21-11-7-19(8-12-21)24-18-25-23(6-5-16-29-25)26(31-24)30-22-13-9-20(27)10-14-22/h5-8,11-12,16,18,20,22,28H,3-4,9-10,13-15,17,27H2,1-2H3,(H,30,31). The Morgan fingerprint density at radius 2 is 1.81 bits per heavy atom. The maximum absolute atomic E-state index is 6.09. The smallest absolute Gasteiger partial charge is 0.136 e. The summed E-state index contributed by atoms with van der Waals surface area (Å²) in [4.78, 5) is 11.8. The van der Waals surface area contributed by atoms with Gasteiger partial charge in [-0.1, -0.05) is 12.1 Å². The van der Waals surface area contributed by atoms with Crippen LogP contribution in [0.25, 0.3) is 22.2 Å². The van der Waals surface area contributed by atoms with Crippen molar-refractivity contribution < 1.29 is 0 Å². The Balaban J connectivity index is 1.47. The number of hydrogen-bond acceptors (Lipinski definition) is 6. The van der Waals surface area contributed by atoms with Crippen molar-refractivity contribution in [2.45, 2.75) is 50.6 Å². The Bertz CT molecular complexity index is 993. The zero-order chi connectivity index (χ0) is 22.3. The van der Waals surface area contributed by atoms with Gasteiger partial charge in [-0.2, -0.15) is 0 Å². The summed E-state index contributed by atoms with van der Waals surface area (Å²) >= 11 is 0. The SMILES string of the molecule is CN(C)CCCCNc1ccc(-c2cc3ncccc3c(NC3CCC(N)CC3)n2)cc1. The second-order valence-corrected chi connectivity index (χ2v) is 9.20. The fraction of sp³-hybridized carbons (Fsp3) is 0.462. The molecule has 170 valence electrons. The second-order valence-electron chi connectivity index (χ2n) is 9.20. The van der Waals surface area contributed by atoms with Crippen LogP contribution in [0.5, 0.6) is 0 Å². The molecule has 0 bridgehead atoms. The number of nitrogens with two attached hydrogens (primary N) is 1. The van der Waals surface area contributed by atoms with Crippen LogP contribution in [0, 0.1) is 0 Å². The fourth-order valence-corrected chi connectivity index (χ4v) is 4.33. The molecule has 0 saturated heterocycles. The summed E-state index contributed by atoms with van der Waals surface area (Å²) in [7, 11) is 4.24. The fourth-order valence-electron chi connectivity index (χ4n) is 4.33. The molecule has 2 aromatic heterocycles. The minimum atomic E-state index is 0.339. The van der Waals surface area contributed by atoms with E-state index in [1.165, 1.54) is 12.8 Å². The van der Waals surface area contributed by atoms with Gasteiger partial charge < -0.3 is 21.3 Å². The molecule has 0 aliphatic heterocycles. The number of benzene rings is 1. The molecule has 6 heteroatoms. The van der Waals surface area contributed by atoms with Crippen LogP contribution in [-0.2, 0) is 0 Å². The number of pyridine rings is 2. The number of nitrogens with one attached hydrogen (secondary N) is 2. The number of nitrogens with zero attached hydrogens (tertiary/aromatic N) is 3. The van der Waals surface area contributed by atoms with Crippen molar-refractivity contribution in [3.05, 3.63) is 48.7 Å². The number of aromatic nitrogens is 2. The third kappa shape index (κ3) is 5.96. The van der Waals surface area contributed by atoms with Crippen molar-refractivity contribution >= 4 is 22.4 Å². The third-order valence-electron chi connectivity index (χ3n) is 6.25. The maximum Gasteiger partial charge on any atom is 0.136 e. The van der Waals surface area contributed by atoms with Crippen molar-refractivity contribution in [2.75, 3.05) is 37.8 Å². The van der Waals surface area contributed by atoms with E-state index in [2.05, 4.69) is 71.0 Å². The number of unbranched alkanes of at least 4 members (excludes halogenated alkanes) is 1. The molecule has 0 spiro atoms. The monoisotopic (exact) mass is 432 g/mol. The molecule has 1 aromatic carbocycles. The maximum atomic E-state index is 6.09. The van der Waals surface area contributed by atoms with Gasteiger partial charge in [-0.15, -0.1) is 0 Å². The summed E-state index contributed by atoms with van der Waals surface area (Å²) in [5.41, 5.74) is 10.3. The van der Waals surface area contributed by atoms with Gasteiger partial charge in [-0.3, -0.25) is 4.98 Å². The first kappa shape index (κ1) is 22.5. The molecule has 1 saturated carbocycles. The lowest BCUT2D eigenvalue weighted by molar-refractivity contribution is 0.396. The third-order valence-corrected chi connectivity index (χ3v) is 6.25. The lowest BCUT2D eigenvalue weighted by atomic mass is 9.92. The van der Waals surface area contributed by atoms with Crippen molar-refractivity contribution in [3.63, 3.8) is 0 Å². The highest BCUT2D eigenvalue weighted by Gasteiger charge is 2.20. The molecule has 1 fully saturated rings. The summed E-state index contributed by atoms with van der Waals surface area (Å²) in [5, 5.41) is 8.28. The van der Waals surface area contributed by atoms with Crippen molar-refractivity contribution in [1.82, 2.24) is 14.9 Å². The predicted octanol–water partition coefficient (Wildman–Crippen LogP) is 4.73. The predicted molar refractivity (Wildman–Crippen MR) is 135 cm³/mol. The van der Waals surface area contributed by atoms with Crippen LogP contribution in [0.3, 0.4) is 0 Å². The molecule has 1 aliphatic rings. The first-order valence-corrected chi connectivity index (χ1v) is 11.9. The van der Waals surface area contributed by atoms with Crippen LogP contribution < -0.4 is 16.4 Å². The van der Waals surface area contributed by atoms with E-state index in [-0.39, 0.29) is 0 Å². The number of anilines is 2. The Labute approximate surface area is 191 Å². The van der Waals surface area contributed by atoms with Crippen molar-refractivity contribution in [2.24, 2.45) is 5.73 Å². The van der Waals surface area contributed by atoms with E-state index in [1.54, 1.807) is 0 Å². The van der Waals surface area contributed by atoms with Gasteiger partial charge in [-0.25, -0.2) is 4.98 Å². The highest BCUT2D eigenvalue weighted by molar-refractivity contribution is 5.92. The van der Waals surface area contributed by atoms with Crippen LogP contribution in [0.4, 0.5) is 11.5 Å². The molecule has 3 aromatic rings. The van der Waals surface area contributed by atoms with E-state index < -0.39 is 0 Å². The highest BCUT2D eigenvalue weighted by atomic mass is 15.0. The van der Waals surface area contributed by atoms with Gasteiger partial charge in [0.05, 0.1) is 11.2 Å². The van der Waals surface area contributed by atoms with E-state index >= 15 is 0 Å². The summed E-state index contributed by atoms with van der Waals surface area (Å²) in [6.45, 7) is 2.12. The summed E-state index contributed by atoms with van der Waals surface area (Å²) < 4.78 is 0. The molecule has 0 amide bonds. The highest BCUT2D eigenvalue weighted by Crippen LogP contribution is 2.29. The van der Waals surface area contributed by atoms with Gasteiger partial charge in [0.1, 0.15) is 5.82 Å². The van der Waals surface area contributed by atoms with Gasteiger partial charge >= 0.3 is 0 Å². The molecule has 4 rings (SSSR count). The topological polar surface area (TPSA) is 79.1 Å². The normalized spacial score (nSPS) is 18.8. The van der Waals surface area contributed by atoms with Gasteiger partial charge in [0.2, 0.25) is 0 Å². The molecular formula is C26H36N6. The Hall–Kier alpha value is -2.70. The second kappa shape index (κ2) is 10.7. The van der Waals surface area contributed by atoms with Crippen LogP contribution in [0.2, 0.25) is 0 Å². The van der Waals surface area contributed by atoms with E-state index in [0.29, 0.717) is 12.1 Å².